The molecule has 3 aromatic carbocycles. The summed E-state index contributed by atoms with van der Waals surface area (Å²) in [6, 6.07) is 38.1. The molecule has 316 valence electrons. The molecule has 1 aliphatic rings. The molecular formula is C51H42EuN6O6+3. The van der Waals surface area contributed by atoms with E-state index in [1.165, 1.54) is 18.2 Å². The first-order valence-electron chi connectivity index (χ1n) is 20.2. The molecule has 3 aromatic heterocycles. The maximum atomic E-state index is 12.2. The fourth-order valence-corrected chi connectivity index (χ4v) is 6.89. The minimum atomic E-state index is -1.16. The Hall–Kier alpha value is -6.34. The van der Waals surface area contributed by atoms with Crippen LogP contribution in [-0.2, 0) is 19.6 Å². The van der Waals surface area contributed by atoms with Gasteiger partial charge in [0.25, 0.3) is 0 Å². The number of carboxylic acids is 3. The van der Waals surface area contributed by atoms with Crippen LogP contribution >= 0.6 is 0 Å². The molecule has 0 aliphatic carbocycles. The molecular weight excluding hydrogens is 945 g/mol. The van der Waals surface area contributed by atoms with Crippen molar-refractivity contribution in [2.24, 2.45) is 0 Å². The largest absolute Gasteiger partial charge is 3.00 e. The van der Waals surface area contributed by atoms with Gasteiger partial charge in [-0.3, -0.25) is 14.7 Å². The van der Waals surface area contributed by atoms with Crippen molar-refractivity contribution < 1.29 is 79.1 Å². The summed E-state index contributed by atoms with van der Waals surface area (Å²) in [5.74, 6) is 15.1. The van der Waals surface area contributed by atoms with Gasteiger partial charge < -0.3 is 15.3 Å². The van der Waals surface area contributed by atoms with Gasteiger partial charge in [-0.25, -0.2) is 29.3 Å². The molecule has 0 unspecified atom stereocenters. The Morgan fingerprint density at radius 2 is 0.625 bits per heavy atom. The minimum Gasteiger partial charge on any atom is -0.477 e. The number of aromatic nitrogens is 3. The van der Waals surface area contributed by atoms with E-state index >= 15 is 0 Å². The van der Waals surface area contributed by atoms with Gasteiger partial charge in [0, 0.05) is 92.3 Å². The molecule has 0 atom stereocenters. The zero-order valence-electron chi connectivity index (χ0n) is 34.6. The molecule has 0 amide bonds. The van der Waals surface area contributed by atoms with Crippen LogP contribution in [0, 0.1) is 84.9 Å². The van der Waals surface area contributed by atoms with Crippen molar-refractivity contribution in [1.82, 2.24) is 29.7 Å². The molecule has 3 N–H and O–H groups in total. The molecule has 13 heteroatoms. The van der Waals surface area contributed by atoms with E-state index in [0.717, 1.165) is 16.7 Å². The summed E-state index contributed by atoms with van der Waals surface area (Å²) in [6.45, 7) is 4.31. The fraction of sp³-hybridized carbons (Fsp3) is 0.176. The molecule has 12 nitrogen and oxygen atoms in total. The van der Waals surface area contributed by atoms with Crippen LogP contribution in [0.5, 0.6) is 0 Å². The van der Waals surface area contributed by atoms with Crippen molar-refractivity contribution in [3.8, 4) is 35.5 Å². The number of benzene rings is 3. The zero-order valence-corrected chi connectivity index (χ0v) is 37.0. The molecule has 4 heterocycles. The van der Waals surface area contributed by atoms with E-state index in [0.29, 0.717) is 92.7 Å². The minimum absolute atomic E-state index is 0. The van der Waals surface area contributed by atoms with E-state index in [9.17, 15) is 29.7 Å². The van der Waals surface area contributed by atoms with Gasteiger partial charge in [-0.15, -0.1) is 0 Å². The van der Waals surface area contributed by atoms with Crippen LogP contribution in [0.25, 0.3) is 0 Å². The summed E-state index contributed by atoms with van der Waals surface area (Å²) >= 11 is 0. The van der Waals surface area contributed by atoms with Gasteiger partial charge in [0.05, 0.1) is 17.1 Å². The molecule has 1 saturated heterocycles. The molecule has 6 aromatic rings. The summed E-state index contributed by atoms with van der Waals surface area (Å²) in [5.41, 5.74) is 5.27. The number of carboxylic acid groups (broad SMARTS) is 3. The van der Waals surface area contributed by atoms with Gasteiger partial charge in [-0.05, 0) is 72.8 Å². The molecule has 7 rings (SSSR count). The van der Waals surface area contributed by atoms with E-state index in [1.54, 1.807) is 0 Å². The summed E-state index contributed by atoms with van der Waals surface area (Å²) in [4.78, 5) is 56.7. The predicted molar refractivity (Wildman–Crippen MR) is 237 cm³/mol. The fourth-order valence-electron chi connectivity index (χ4n) is 6.89. The van der Waals surface area contributed by atoms with Gasteiger partial charge in [0.2, 0.25) is 0 Å². The van der Waals surface area contributed by atoms with E-state index in [1.807, 2.05) is 109 Å². The maximum absolute atomic E-state index is 12.2. The molecule has 0 bridgehead atoms. The number of pyridine rings is 3. The summed E-state index contributed by atoms with van der Waals surface area (Å²) < 4.78 is 0. The summed E-state index contributed by atoms with van der Waals surface area (Å²) in [5, 5.41) is 30.0. The Kier molecular flexibility index (Phi) is 17.2. The van der Waals surface area contributed by atoms with Crippen LogP contribution in [-0.4, -0.2) is 102 Å². The van der Waals surface area contributed by atoms with E-state index in [-0.39, 0.29) is 66.5 Å². The second-order valence-corrected chi connectivity index (χ2v) is 14.8. The van der Waals surface area contributed by atoms with Crippen molar-refractivity contribution in [2.75, 3.05) is 39.3 Å². The van der Waals surface area contributed by atoms with Crippen LogP contribution < -0.4 is 0 Å². The Morgan fingerprint density at radius 1 is 0.391 bits per heavy atom. The normalized spacial score (nSPS) is 13.1. The van der Waals surface area contributed by atoms with Crippen LogP contribution in [0.3, 0.4) is 0 Å². The number of nitrogens with zero attached hydrogens (tertiary/aromatic N) is 6. The smallest absolute Gasteiger partial charge is 0.477 e. The Labute approximate surface area is 412 Å². The number of aromatic carboxylic acids is 3. The van der Waals surface area contributed by atoms with Crippen LogP contribution in [0.2, 0.25) is 0 Å². The third-order valence-corrected chi connectivity index (χ3v) is 10.0. The van der Waals surface area contributed by atoms with Crippen molar-refractivity contribution in [3.63, 3.8) is 0 Å². The van der Waals surface area contributed by atoms with Crippen molar-refractivity contribution >= 4 is 17.9 Å². The number of carbonyl (C=O) groups is 3. The molecule has 1 fully saturated rings. The number of hydrogen-bond donors (Lipinski definition) is 3. The van der Waals surface area contributed by atoms with Crippen LogP contribution in [0.4, 0.5) is 0 Å². The predicted octanol–water partition coefficient (Wildman–Crippen LogP) is 5.99. The molecule has 0 saturated carbocycles. The third-order valence-electron chi connectivity index (χ3n) is 10.0. The Balaban J connectivity index is 0.00000680. The first-order valence-corrected chi connectivity index (χ1v) is 20.2. The van der Waals surface area contributed by atoms with Crippen molar-refractivity contribution in [2.45, 2.75) is 19.6 Å². The second-order valence-electron chi connectivity index (χ2n) is 14.8. The van der Waals surface area contributed by atoms with Crippen LogP contribution in [0.1, 0.15) is 81.9 Å². The SMILES string of the molecule is O=C(O)c1cc(C#Cc2ccccc2)cc(CN2CCN(Cc3cc(C#Cc4ccccc4)cc(C(=O)O)n3)CCN(Cc3cc(C#Cc4ccccc4)cc(C(=O)O)n3)CC2)n1.[Eu+3]. The molecule has 0 spiro atoms. The summed E-state index contributed by atoms with van der Waals surface area (Å²) in [7, 11) is 0. The monoisotopic (exact) mass is 987 g/mol. The molecule has 64 heavy (non-hydrogen) atoms. The van der Waals surface area contributed by atoms with E-state index < -0.39 is 17.9 Å². The standard InChI is InChI=1S/C51H42N6O6.Eu/c58-49(59)46-31-40(19-16-37-10-4-1-5-11-37)28-43(52-46)34-55-22-24-56(35-44-29-41(32-47(53-44)50(60)61)20-17-38-12-6-2-7-13-38)26-27-57(25-23-55)36-45-30-42(33-48(54-45)51(62)63)21-18-39-14-8-3-9-15-39;/h1-15,28-33H,22-27,34-36H2,(H,58,59)(H,60,61)(H,62,63);/q;+3. The van der Waals surface area contributed by atoms with E-state index in [4.69, 9.17) is 0 Å². The number of hydrogen-bond acceptors (Lipinski definition) is 9. The van der Waals surface area contributed by atoms with Gasteiger partial charge in [-0.1, -0.05) is 90.1 Å². The van der Waals surface area contributed by atoms with Gasteiger partial charge in [0.1, 0.15) is 17.1 Å². The van der Waals surface area contributed by atoms with Gasteiger partial charge in [-0.2, -0.15) is 0 Å². The van der Waals surface area contributed by atoms with Crippen molar-refractivity contribution in [3.05, 3.63) is 195 Å². The average molecular weight is 987 g/mol. The van der Waals surface area contributed by atoms with Gasteiger partial charge >= 0.3 is 67.3 Å². The molecule has 1 aliphatic heterocycles. The Morgan fingerprint density at radius 3 is 0.859 bits per heavy atom. The second kappa shape index (κ2) is 23.4. The number of rotatable bonds is 9. The van der Waals surface area contributed by atoms with Crippen molar-refractivity contribution in [1.29, 1.82) is 0 Å². The first kappa shape index (κ1) is 47.2. The Bertz CT molecular complexity index is 2490. The summed E-state index contributed by atoms with van der Waals surface area (Å²) in [6.07, 6.45) is 0. The maximum Gasteiger partial charge on any atom is 3.00 e. The average Bonchev–Trinajstić information content (AvgIpc) is 3.38. The quantitative estimate of drug-likeness (QED) is 0.146. The van der Waals surface area contributed by atoms with E-state index in [2.05, 4.69) is 65.2 Å². The first-order chi connectivity index (χ1) is 30.6. The topological polar surface area (TPSA) is 160 Å². The van der Waals surface area contributed by atoms with Gasteiger partial charge in [0.15, 0.2) is 0 Å². The zero-order chi connectivity index (χ0) is 44.0. The third kappa shape index (κ3) is 14.3. The van der Waals surface area contributed by atoms with Crippen LogP contribution in [0.15, 0.2) is 127 Å². The molecule has 0 radical (unpaired) electrons.